The Bertz CT molecular complexity index is 1460. The van der Waals surface area contributed by atoms with Crippen LogP contribution in [0.4, 0.5) is 5.82 Å². The molecule has 1 aliphatic rings. The van der Waals surface area contributed by atoms with Crippen LogP contribution in [0.1, 0.15) is 60.0 Å². The van der Waals surface area contributed by atoms with Gasteiger partial charge in [0.1, 0.15) is 16.4 Å². The molecule has 7 heteroatoms. The maximum Gasteiger partial charge on any atom is 0.266 e. The fourth-order valence-electron chi connectivity index (χ4n) is 5.65. The summed E-state index contributed by atoms with van der Waals surface area (Å²) >= 11 is 8.28. The van der Waals surface area contributed by atoms with Crippen molar-refractivity contribution in [1.29, 1.82) is 0 Å². The number of pyridine rings is 1. The molecule has 1 amide bonds. The summed E-state index contributed by atoms with van der Waals surface area (Å²) in [7, 11) is 1.68. The van der Waals surface area contributed by atoms with Crippen molar-refractivity contribution < 1.29 is 9.53 Å². The minimum Gasteiger partial charge on any atom is -0.496 e. The lowest BCUT2D eigenvalue weighted by Gasteiger charge is -2.37. The van der Waals surface area contributed by atoms with E-state index in [9.17, 15) is 4.79 Å². The third-order valence-corrected chi connectivity index (χ3v) is 9.53. The van der Waals surface area contributed by atoms with Crippen molar-refractivity contribution in [3.8, 4) is 16.9 Å². The summed E-state index contributed by atoms with van der Waals surface area (Å²) in [6, 6.07) is 18.0. The average molecular weight is 548 g/mol. The van der Waals surface area contributed by atoms with Crippen molar-refractivity contribution in [1.82, 2.24) is 9.88 Å². The van der Waals surface area contributed by atoms with Crippen molar-refractivity contribution in [2.75, 3.05) is 12.8 Å². The van der Waals surface area contributed by atoms with Gasteiger partial charge in [-0.25, -0.2) is 4.98 Å². The minimum absolute atomic E-state index is 0.00561. The van der Waals surface area contributed by atoms with E-state index in [4.69, 9.17) is 22.1 Å². The summed E-state index contributed by atoms with van der Waals surface area (Å²) in [5, 5.41) is 1.48. The number of nitrogens with two attached hydrogens (primary N) is 1. The fourth-order valence-corrected chi connectivity index (χ4v) is 7.12. The second-order valence-corrected chi connectivity index (χ2v) is 11.6. The quantitative estimate of drug-likeness (QED) is 0.253. The number of nitrogen functional groups attached to an aromatic ring is 1. The Kier molecular flexibility index (Phi) is 7.91. The Morgan fingerprint density at radius 3 is 2.58 bits per heavy atom. The number of hydrogen-bond acceptors (Lipinski definition) is 5. The number of hydrogen-bond donors (Lipinski definition) is 1. The number of anilines is 1. The van der Waals surface area contributed by atoms with Gasteiger partial charge < -0.3 is 15.4 Å². The van der Waals surface area contributed by atoms with Gasteiger partial charge in [0.05, 0.1) is 12.1 Å². The molecule has 0 aliphatic heterocycles. The molecule has 1 saturated carbocycles. The Hall–Kier alpha value is -3.09. The predicted molar refractivity (Wildman–Crippen MR) is 158 cm³/mol. The van der Waals surface area contributed by atoms with Crippen LogP contribution >= 0.6 is 22.9 Å². The number of carbonyl (C=O) groups excluding carboxylic acids is 1. The Balaban J connectivity index is 1.54. The number of methoxy groups -OCH3 is 1. The van der Waals surface area contributed by atoms with Gasteiger partial charge >= 0.3 is 0 Å². The first-order valence-corrected chi connectivity index (χ1v) is 14.5. The summed E-state index contributed by atoms with van der Waals surface area (Å²) < 4.78 is 6.80. The van der Waals surface area contributed by atoms with Crippen LogP contribution < -0.4 is 10.5 Å². The van der Waals surface area contributed by atoms with E-state index in [1.54, 1.807) is 7.11 Å². The van der Waals surface area contributed by atoms with Crippen molar-refractivity contribution in [3.63, 3.8) is 0 Å². The smallest absolute Gasteiger partial charge is 0.266 e. The van der Waals surface area contributed by atoms with Gasteiger partial charge in [0.15, 0.2) is 0 Å². The maximum absolute atomic E-state index is 14.2. The highest BCUT2D eigenvalue weighted by molar-refractivity contribution is 7.21. The highest BCUT2D eigenvalue weighted by Gasteiger charge is 2.32. The number of benzene rings is 2. The molecule has 38 heavy (non-hydrogen) atoms. The molecule has 0 atom stereocenters. The SMILES string of the molecule is CC[C@H]1CC[C@H](N(Cc2cc(-c3ccc(N)nc3C)ccc2OC)C(=O)c2sc3ccccc3c2Cl)CC1. The third-order valence-electron chi connectivity index (χ3n) is 7.86. The number of fused-ring (bicyclic) bond motifs is 1. The first-order valence-electron chi connectivity index (χ1n) is 13.3. The molecular weight excluding hydrogens is 514 g/mol. The lowest BCUT2D eigenvalue weighted by Crippen LogP contribution is -2.41. The number of thiophene rings is 1. The Morgan fingerprint density at radius 1 is 1.13 bits per heavy atom. The van der Waals surface area contributed by atoms with Crippen molar-refractivity contribution >= 4 is 44.7 Å². The molecule has 2 N–H and O–H groups in total. The number of ether oxygens (including phenoxy) is 1. The van der Waals surface area contributed by atoms with Gasteiger partial charge in [0, 0.05) is 39.5 Å². The lowest BCUT2D eigenvalue weighted by atomic mass is 9.83. The third kappa shape index (κ3) is 5.25. The summed E-state index contributed by atoms with van der Waals surface area (Å²) in [5.74, 6) is 1.99. The number of aromatic nitrogens is 1. The molecule has 1 aliphatic carbocycles. The summed E-state index contributed by atoms with van der Waals surface area (Å²) in [4.78, 5) is 21.3. The highest BCUT2D eigenvalue weighted by Crippen LogP contribution is 2.39. The number of nitrogens with zero attached hydrogens (tertiary/aromatic N) is 2. The molecule has 2 heterocycles. The van der Waals surface area contributed by atoms with Crippen LogP contribution in [0.15, 0.2) is 54.6 Å². The zero-order valence-electron chi connectivity index (χ0n) is 22.2. The minimum atomic E-state index is -0.00561. The topological polar surface area (TPSA) is 68.4 Å². The molecule has 2 aromatic carbocycles. The molecule has 5 rings (SSSR count). The molecule has 0 saturated heterocycles. The van der Waals surface area contributed by atoms with Crippen molar-refractivity contribution in [2.45, 2.75) is 58.5 Å². The Morgan fingerprint density at radius 2 is 1.89 bits per heavy atom. The number of rotatable bonds is 7. The first-order chi connectivity index (χ1) is 18.4. The molecule has 0 bridgehead atoms. The van der Waals surface area contributed by atoms with Gasteiger partial charge in [0.2, 0.25) is 0 Å². The van der Waals surface area contributed by atoms with Crippen molar-refractivity contribution in [2.24, 2.45) is 5.92 Å². The fraction of sp³-hybridized carbons (Fsp3) is 0.355. The molecule has 0 spiro atoms. The predicted octanol–water partition coefficient (Wildman–Crippen LogP) is 8.13. The van der Waals surface area contributed by atoms with Gasteiger partial charge in [-0.3, -0.25) is 4.79 Å². The second-order valence-electron chi connectivity index (χ2n) is 10.2. The standard InChI is InChI=1S/C31H34ClN3O2S/c1-4-20-9-12-23(13-10-20)35(31(36)30-29(32)25-7-5-6-8-27(25)38-30)18-22-17-21(11-15-26(22)37-3)24-14-16-28(33)34-19(24)2/h5-8,11,14-17,20,23H,4,9-10,12-13,18H2,1-3H3,(H2,33,34)/t20-,23-. The summed E-state index contributed by atoms with van der Waals surface area (Å²) in [6.45, 7) is 4.67. The zero-order valence-corrected chi connectivity index (χ0v) is 23.7. The number of halogens is 1. The van der Waals surface area contributed by atoms with Crippen LogP contribution in [0.3, 0.4) is 0 Å². The second kappa shape index (κ2) is 11.3. The van der Waals surface area contributed by atoms with E-state index in [1.807, 2.05) is 60.4 Å². The van der Waals surface area contributed by atoms with Crippen LogP contribution in [-0.2, 0) is 6.54 Å². The van der Waals surface area contributed by atoms with E-state index in [0.717, 1.165) is 69.8 Å². The van der Waals surface area contributed by atoms with Gasteiger partial charge in [-0.1, -0.05) is 49.2 Å². The monoisotopic (exact) mass is 547 g/mol. The molecule has 198 valence electrons. The summed E-state index contributed by atoms with van der Waals surface area (Å²) in [6.07, 6.45) is 5.45. The van der Waals surface area contributed by atoms with Crippen LogP contribution in [0.25, 0.3) is 21.2 Å². The number of aryl methyl sites for hydroxylation is 1. The molecule has 0 unspecified atom stereocenters. The van der Waals surface area contributed by atoms with Gasteiger partial charge in [0.25, 0.3) is 5.91 Å². The lowest BCUT2D eigenvalue weighted by molar-refractivity contribution is 0.0591. The average Bonchev–Trinajstić information content (AvgIpc) is 3.28. The normalized spacial score (nSPS) is 17.5. The van der Waals surface area contributed by atoms with E-state index in [2.05, 4.69) is 18.0 Å². The highest BCUT2D eigenvalue weighted by atomic mass is 35.5. The number of carbonyl (C=O) groups is 1. The number of amides is 1. The molecule has 4 aromatic rings. The van der Waals surface area contributed by atoms with Gasteiger partial charge in [-0.2, -0.15) is 0 Å². The first kappa shape index (κ1) is 26.5. The molecule has 2 aromatic heterocycles. The van der Waals surface area contributed by atoms with Crippen LogP contribution in [0.2, 0.25) is 5.02 Å². The molecule has 5 nitrogen and oxygen atoms in total. The summed E-state index contributed by atoms with van der Waals surface area (Å²) in [5.41, 5.74) is 9.75. The van der Waals surface area contributed by atoms with Crippen LogP contribution in [-0.4, -0.2) is 28.9 Å². The van der Waals surface area contributed by atoms with Crippen molar-refractivity contribution in [3.05, 3.63) is 75.8 Å². The van der Waals surface area contributed by atoms with Crippen LogP contribution in [0.5, 0.6) is 5.75 Å². The van der Waals surface area contributed by atoms with E-state index in [-0.39, 0.29) is 11.9 Å². The molecular formula is C31H34ClN3O2S. The van der Waals surface area contributed by atoms with E-state index in [1.165, 1.54) is 17.8 Å². The van der Waals surface area contributed by atoms with E-state index >= 15 is 0 Å². The van der Waals surface area contributed by atoms with Crippen LogP contribution in [0, 0.1) is 12.8 Å². The largest absolute Gasteiger partial charge is 0.496 e. The van der Waals surface area contributed by atoms with Gasteiger partial charge in [-0.15, -0.1) is 11.3 Å². The zero-order chi connectivity index (χ0) is 26.8. The van der Waals surface area contributed by atoms with Gasteiger partial charge in [-0.05, 0) is 74.4 Å². The molecule has 1 fully saturated rings. The van der Waals surface area contributed by atoms with E-state index < -0.39 is 0 Å². The Labute approximate surface area is 233 Å². The van der Waals surface area contributed by atoms with E-state index in [0.29, 0.717) is 22.3 Å². The maximum atomic E-state index is 14.2. The molecule has 0 radical (unpaired) electrons.